The molecule has 7 nitrogen and oxygen atoms in total. The number of nitrogens with zero attached hydrogens (tertiary/aromatic N) is 2. The van der Waals surface area contributed by atoms with Gasteiger partial charge in [0.15, 0.2) is 0 Å². The first-order chi connectivity index (χ1) is 19.6. The van der Waals surface area contributed by atoms with Crippen molar-refractivity contribution in [2.24, 2.45) is 0 Å². The van der Waals surface area contributed by atoms with Crippen LogP contribution in [0.4, 0.5) is 0 Å². The number of carbonyl (C=O) groups excluding carboxylic acids is 2. The molecule has 3 aromatic carbocycles. The SMILES string of the molecule is [2H]C(c1ccccc1OCCCCCC(=O)NO)N(Cc1ccccc1)C(=O)c1ccc(-c2ccncc2)cc1. The second kappa shape index (κ2) is 14.4. The molecular formula is C32H33N3O4. The third-order valence-electron chi connectivity index (χ3n) is 6.25. The first kappa shape index (κ1) is 26.1. The number of aromatic nitrogens is 1. The topological polar surface area (TPSA) is 91.8 Å². The summed E-state index contributed by atoms with van der Waals surface area (Å²) in [4.78, 5) is 30.6. The standard InChI is InChI=1S/C32H33N3O4/c36-31(34-38)13-5-2-8-22-39-30-12-7-6-11-29(30)24-35(23-25-9-3-1-4-10-25)32(37)28-16-14-26(15-17-28)27-18-20-33-21-19-27/h1,3-4,6-7,9-12,14-21,38H,2,5,8,13,22-24H2,(H,34,36)/i24D. The van der Waals surface area contributed by atoms with Crippen molar-refractivity contribution >= 4 is 11.8 Å². The number of rotatable bonds is 13. The summed E-state index contributed by atoms with van der Waals surface area (Å²) < 4.78 is 15.2. The van der Waals surface area contributed by atoms with Crippen LogP contribution in [0.1, 0.15) is 48.5 Å². The van der Waals surface area contributed by atoms with Gasteiger partial charge in [0.1, 0.15) is 5.75 Å². The van der Waals surface area contributed by atoms with Crippen molar-refractivity contribution in [2.45, 2.75) is 38.7 Å². The van der Waals surface area contributed by atoms with Gasteiger partial charge in [-0.25, -0.2) is 5.48 Å². The summed E-state index contributed by atoms with van der Waals surface area (Å²) in [5.74, 6) is -0.102. The number of hydrogen-bond donors (Lipinski definition) is 2. The minimum absolute atomic E-state index is 0.248. The van der Waals surface area contributed by atoms with Crippen LogP contribution in [-0.4, -0.2) is 33.5 Å². The lowest BCUT2D eigenvalue weighted by molar-refractivity contribution is -0.129. The fraction of sp³-hybridized carbons (Fsp3) is 0.219. The van der Waals surface area contributed by atoms with Crippen LogP contribution in [0.15, 0.2) is 103 Å². The van der Waals surface area contributed by atoms with Crippen molar-refractivity contribution in [2.75, 3.05) is 6.61 Å². The van der Waals surface area contributed by atoms with E-state index >= 15 is 0 Å². The third kappa shape index (κ3) is 8.25. The van der Waals surface area contributed by atoms with Crippen LogP contribution in [0.3, 0.4) is 0 Å². The molecule has 0 fully saturated rings. The normalized spacial score (nSPS) is 11.8. The van der Waals surface area contributed by atoms with E-state index in [2.05, 4.69) is 4.98 Å². The van der Waals surface area contributed by atoms with Crippen LogP contribution >= 0.6 is 0 Å². The molecule has 4 aromatic rings. The molecule has 0 aliphatic rings. The molecule has 2 N–H and O–H groups in total. The Bertz CT molecular complexity index is 1370. The fourth-order valence-corrected chi connectivity index (χ4v) is 4.16. The van der Waals surface area contributed by atoms with Crippen LogP contribution in [0.2, 0.25) is 0 Å². The summed E-state index contributed by atoms with van der Waals surface area (Å²) in [6, 6.07) is 28.2. The van der Waals surface area contributed by atoms with E-state index in [9.17, 15) is 11.0 Å². The quantitative estimate of drug-likeness (QED) is 0.126. The van der Waals surface area contributed by atoms with E-state index in [1.54, 1.807) is 34.9 Å². The summed E-state index contributed by atoms with van der Waals surface area (Å²) in [5, 5.41) is 8.61. The van der Waals surface area contributed by atoms with E-state index in [4.69, 9.17) is 9.94 Å². The van der Waals surface area contributed by atoms with Gasteiger partial charge in [-0.05, 0) is 66.3 Å². The maximum Gasteiger partial charge on any atom is 0.254 e. The lowest BCUT2D eigenvalue weighted by atomic mass is 10.0. The first-order valence-electron chi connectivity index (χ1n) is 13.6. The molecule has 4 rings (SSSR count). The number of nitrogens with one attached hydrogen (secondary N) is 1. The monoisotopic (exact) mass is 524 g/mol. The van der Waals surface area contributed by atoms with Gasteiger partial charge in [0.2, 0.25) is 5.91 Å². The minimum atomic E-state index is -1.00. The van der Waals surface area contributed by atoms with E-state index in [1.807, 2.05) is 78.9 Å². The zero-order valence-corrected chi connectivity index (χ0v) is 21.7. The zero-order valence-electron chi connectivity index (χ0n) is 22.7. The first-order valence-corrected chi connectivity index (χ1v) is 13.0. The number of para-hydroxylation sites is 1. The highest BCUT2D eigenvalue weighted by atomic mass is 16.5. The Morgan fingerprint density at radius 3 is 2.28 bits per heavy atom. The summed E-state index contributed by atoms with van der Waals surface area (Å²) in [6.45, 7) is -0.327. The Morgan fingerprint density at radius 1 is 0.846 bits per heavy atom. The molecule has 1 unspecified atom stereocenters. The molecule has 0 bridgehead atoms. The van der Waals surface area contributed by atoms with Gasteiger partial charge in [0.25, 0.3) is 5.91 Å². The van der Waals surface area contributed by atoms with Gasteiger partial charge in [0, 0.05) is 43.0 Å². The highest BCUT2D eigenvalue weighted by Gasteiger charge is 2.19. The lowest BCUT2D eigenvalue weighted by Gasteiger charge is -2.24. The molecule has 1 aromatic heterocycles. The summed E-state index contributed by atoms with van der Waals surface area (Å²) >= 11 is 0. The van der Waals surface area contributed by atoms with Gasteiger partial charge in [0.05, 0.1) is 7.98 Å². The Labute approximate surface area is 230 Å². The van der Waals surface area contributed by atoms with E-state index in [0.29, 0.717) is 36.3 Å². The van der Waals surface area contributed by atoms with Crippen molar-refractivity contribution in [3.05, 3.63) is 120 Å². The smallest absolute Gasteiger partial charge is 0.254 e. The van der Waals surface area contributed by atoms with E-state index in [1.165, 1.54) is 0 Å². The molecule has 1 heterocycles. The Hall–Kier alpha value is -4.49. The van der Waals surface area contributed by atoms with Crippen LogP contribution in [0.25, 0.3) is 11.1 Å². The number of pyridine rings is 1. The number of hydrogen-bond acceptors (Lipinski definition) is 5. The molecule has 0 saturated carbocycles. The lowest BCUT2D eigenvalue weighted by Crippen LogP contribution is -2.30. The van der Waals surface area contributed by atoms with E-state index in [0.717, 1.165) is 23.1 Å². The molecule has 7 heteroatoms. The molecule has 200 valence electrons. The fourth-order valence-electron chi connectivity index (χ4n) is 4.16. The minimum Gasteiger partial charge on any atom is -0.493 e. The molecule has 0 saturated heterocycles. The number of ether oxygens (including phenoxy) is 1. The van der Waals surface area contributed by atoms with E-state index < -0.39 is 12.4 Å². The van der Waals surface area contributed by atoms with Gasteiger partial charge < -0.3 is 9.64 Å². The van der Waals surface area contributed by atoms with Crippen LogP contribution in [0, 0.1) is 0 Å². The average molecular weight is 525 g/mol. The van der Waals surface area contributed by atoms with E-state index in [-0.39, 0.29) is 18.9 Å². The Morgan fingerprint density at radius 2 is 1.54 bits per heavy atom. The van der Waals surface area contributed by atoms with Crippen LogP contribution in [0.5, 0.6) is 5.75 Å². The predicted molar refractivity (Wildman–Crippen MR) is 150 cm³/mol. The highest BCUT2D eigenvalue weighted by molar-refractivity contribution is 5.94. The van der Waals surface area contributed by atoms with Crippen molar-refractivity contribution in [1.82, 2.24) is 15.4 Å². The van der Waals surface area contributed by atoms with Gasteiger partial charge in [-0.2, -0.15) is 0 Å². The summed E-state index contributed by atoms with van der Waals surface area (Å²) in [7, 11) is 0. The number of benzene rings is 3. The van der Waals surface area contributed by atoms with Gasteiger partial charge in [-0.1, -0.05) is 60.7 Å². The molecule has 0 aliphatic heterocycles. The molecule has 2 amide bonds. The second-order valence-electron chi connectivity index (χ2n) is 9.09. The molecule has 1 atom stereocenters. The molecular weight excluding hydrogens is 490 g/mol. The highest BCUT2D eigenvalue weighted by Crippen LogP contribution is 2.24. The van der Waals surface area contributed by atoms with Crippen molar-refractivity contribution in [3.63, 3.8) is 0 Å². The number of carbonyl (C=O) groups is 2. The number of amides is 2. The Balaban J connectivity index is 1.51. The second-order valence-corrected chi connectivity index (χ2v) is 9.09. The summed E-state index contributed by atoms with van der Waals surface area (Å²) in [6.07, 6.45) is 5.83. The summed E-state index contributed by atoms with van der Waals surface area (Å²) in [5.41, 5.74) is 5.64. The van der Waals surface area contributed by atoms with Crippen molar-refractivity contribution in [3.8, 4) is 16.9 Å². The molecule has 0 spiro atoms. The predicted octanol–water partition coefficient (Wildman–Crippen LogP) is 6.04. The molecule has 0 aliphatic carbocycles. The zero-order chi connectivity index (χ0) is 28.2. The number of unbranched alkanes of at least 4 members (excludes halogenated alkanes) is 2. The number of hydroxylamine groups is 1. The Kier molecular flexibility index (Phi) is 9.68. The van der Waals surface area contributed by atoms with Crippen molar-refractivity contribution < 1.29 is 20.9 Å². The third-order valence-corrected chi connectivity index (χ3v) is 6.25. The van der Waals surface area contributed by atoms with Crippen LogP contribution in [-0.2, 0) is 17.9 Å². The maximum absolute atomic E-state index is 13.8. The van der Waals surface area contributed by atoms with Gasteiger partial charge in [-0.15, -0.1) is 0 Å². The van der Waals surface area contributed by atoms with Gasteiger partial charge in [-0.3, -0.25) is 19.8 Å². The van der Waals surface area contributed by atoms with Gasteiger partial charge >= 0.3 is 0 Å². The van der Waals surface area contributed by atoms with Crippen LogP contribution < -0.4 is 10.2 Å². The largest absolute Gasteiger partial charge is 0.493 e. The molecule has 0 radical (unpaired) electrons. The van der Waals surface area contributed by atoms with Crippen molar-refractivity contribution in [1.29, 1.82) is 0 Å². The maximum atomic E-state index is 13.8. The molecule has 39 heavy (non-hydrogen) atoms. The average Bonchev–Trinajstić information content (AvgIpc) is 3.02.